The van der Waals surface area contributed by atoms with Gasteiger partial charge in [-0.2, -0.15) is 0 Å². The van der Waals surface area contributed by atoms with Crippen LogP contribution >= 0.6 is 0 Å². The van der Waals surface area contributed by atoms with Gasteiger partial charge in [-0.3, -0.25) is 9.59 Å². The molecule has 0 aromatic carbocycles. The summed E-state index contributed by atoms with van der Waals surface area (Å²) in [4.78, 5) is 24.3. The van der Waals surface area contributed by atoms with Gasteiger partial charge < -0.3 is 16.0 Å². The summed E-state index contributed by atoms with van der Waals surface area (Å²) >= 11 is 0. The van der Waals surface area contributed by atoms with Crippen LogP contribution in [0.2, 0.25) is 0 Å². The first-order valence-corrected chi connectivity index (χ1v) is 5.72. The van der Waals surface area contributed by atoms with Crippen LogP contribution in [0.4, 0.5) is 0 Å². The number of hydrogen-bond donors (Lipinski definition) is 2. The SMILES string of the molecule is CCN(C)C(=O)CNC(=O)CCC(C)CN. The van der Waals surface area contributed by atoms with E-state index in [0.717, 1.165) is 6.42 Å². The fourth-order valence-corrected chi connectivity index (χ4v) is 1.07. The van der Waals surface area contributed by atoms with E-state index in [-0.39, 0.29) is 18.4 Å². The second kappa shape index (κ2) is 8.10. The number of nitrogens with two attached hydrogens (primary N) is 1. The van der Waals surface area contributed by atoms with Gasteiger partial charge in [-0.15, -0.1) is 0 Å². The van der Waals surface area contributed by atoms with Crippen molar-refractivity contribution in [3.05, 3.63) is 0 Å². The van der Waals surface area contributed by atoms with Crippen LogP contribution in [0.1, 0.15) is 26.7 Å². The molecule has 0 spiro atoms. The third kappa shape index (κ3) is 6.40. The van der Waals surface area contributed by atoms with Gasteiger partial charge in [-0.1, -0.05) is 6.92 Å². The summed E-state index contributed by atoms with van der Waals surface area (Å²) in [7, 11) is 1.71. The molecular formula is C11H23N3O2. The second-order valence-corrected chi connectivity index (χ2v) is 4.06. The zero-order valence-corrected chi connectivity index (χ0v) is 10.5. The summed E-state index contributed by atoms with van der Waals surface area (Å²) in [5, 5.41) is 2.61. The van der Waals surface area contributed by atoms with E-state index in [1.807, 2.05) is 13.8 Å². The molecule has 1 atom stereocenters. The van der Waals surface area contributed by atoms with Gasteiger partial charge in [0.15, 0.2) is 0 Å². The predicted molar refractivity (Wildman–Crippen MR) is 63.8 cm³/mol. The summed E-state index contributed by atoms with van der Waals surface area (Å²) in [5.74, 6) is 0.195. The molecule has 0 radical (unpaired) electrons. The van der Waals surface area contributed by atoms with Crippen LogP contribution in [0, 0.1) is 5.92 Å². The topological polar surface area (TPSA) is 75.4 Å². The molecule has 0 bridgehead atoms. The summed E-state index contributed by atoms with van der Waals surface area (Å²) in [6.45, 7) is 5.22. The maximum atomic E-state index is 11.4. The van der Waals surface area contributed by atoms with Crippen LogP contribution in [-0.2, 0) is 9.59 Å². The minimum absolute atomic E-state index is 0.0669. The van der Waals surface area contributed by atoms with Gasteiger partial charge in [0, 0.05) is 20.0 Å². The Morgan fingerprint density at radius 3 is 2.56 bits per heavy atom. The van der Waals surface area contributed by atoms with Gasteiger partial charge in [0.1, 0.15) is 0 Å². The van der Waals surface area contributed by atoms with Crippen molar-refractivity contribution in [2.75, 3.05) is 26.7 Å². The molecule has 0 aromatic heterocycles. The average Bonchev–Trinajstić information content (AvgIpc) is 2.31. The Balaban J connectivity index is 3.69. The molecule has 94 valence electrons. The fraction of sp³-hybridized carbons (Fsp3) is 0.818. The zero-order chi connectivity index (χ0) is 12.6. The quantitative estimate of drug-likeness (QED) is 0.643. The highest BCUT2D eigenvalue weighted by atomic mass is 16.2. The van der Waals surface area contributed by atoms with Gasteiger partial charge in [0.2, 0.25) is 11.8 Å². The molecule has 0 fully saturated rings. The number of hydrogen-bond acceptors (Lipinski definition) is 3. The van der Waals surface area contributed by atoms with Crippen molar-refractivity contribution >= 4 is 11.8 Å². The minimum Gasteiger partial charge on any atom is -0.347 e. The summed E-state index contributed by atoms with van der Waals surface area (Å²) < 4.78 is 0. The van der Waals surface area contributed by atoms with E-state index in [1.165, 1.54) is 0 Å². The first-order valence-electron chi connectivity index (χ1n) is 5.72. The zero-order valence-electron chi connectivity index (χ0n) is 10.5. The lowest BCUT2D eigenvalue weighted by molar-refractivity contribution is -0.131. The third-order valence-corrected chi connectivity index (χ3v) is 2.60. The van der Waals surface area contributed by atoms with Crippen LogP contribution in [0.5, 0.6) is 0 Å². The molecular weight excluding hydrogens is 206 g/mol. The Kier molecular flexibility index (Phi) is 7.54. The molecule has 3 N–H and O–H groups in total. The molecule has 0 aliphatic carbocycles. The third-order valence-electron chi connectivity index (χ3n) is 2.60. The van der Waals surface area contributed by atoms with Crippen LogP contribution in [0.15, 0.2) is 0 Å². The highest BCUT2D eigenvalue weighted by molar-refractivity contribution is 5.84. The fourth-order valence-electron chi connectivity index (χ4n) is 1.07. The monoisotopic (exact) mass is 229 g/mol. The first kappa shape index (κ1) is 14.9. The number of nitrogens with one attached hydrogen (secondary N) is 1. The van der Waals surface area contributed by atoms with Crippen molar-refractivity contribution in [2.24, 2.45) is 11.7 Å². The second-order valence-electron chi connectivity index (χ2n) is 4.06. The highest BCUT2D eigenvalue weighted by Crippen LogP contribution is 2.02. The highest BCUT2D eigenvalue weighted by Gasteiger charge is 2.09. The summed E-state index contributed by atoms with van der Waals surface area (Å²) in [6.07, 6.45) is 1.20. The molecule has 0 saturated heterocycles. The van der Waals surface area contributed by atoms with Crippen LogP contribution in [0.3, 0.4) is 0 Å². The molecule has 5 nitrogen and oxygen atoms in total. The van der Waals surface area contributed by atoms with E-state index in [2.05, 4.69) is 5.32 Å². The smallest absolute Gasteiger partial charge is 0.241 e. The molecule has 16 heavy (non-hydrogen) atoms. The maximum Gasteiger partial charge on any atom is 0.241 e. The molecule has 2 amide bonds. The molecule has 0 saturated carbocycles. The van der Waals surface area contributed by atoms with Crippen molar-refractivity contribution in [1.29, 1.82) is 0 Å². The van der Waals surface area contributed by atoms with Gasteiger partial charge in [0.25, 0.3) is 0 Å². The van der Waals surface area contributed by atoms with Crippen LogP contribution in [-0.4, -0.2) is 43.4 Å². The first-order chi connectivity index (χ1) is 7.51. The number of carbonyl (C=O) groups is 2. The number of likely N-dealkylation sites (N-methyl/N-ethyl adjacent to an activating group) is 1. The Labute approximate surface area is 97.4 Å². The van der Waals surface area contributed by atoms with E-state index >= 15 is 0 Å². The summed E-state index contributed by atoms with van der Waals surface area (Å²) in [5.41, 5.74) is 5.45. The van der Waals surface area contributed by atoms with Crippen molar-refractivity contribution in [3.8, 4) is 0 Å². The molecule has 0 heterocycles. The number of carbonyl (C=O) groups excluding carboxylic acids is 2. The predicted octanol–water partition coefficient (Wildman–Crippen LogP) is -0.0441. The molecule has 0 aliphatic heterocycles. The van der Waals surface area contributed by atoms with Crippen LogP contribution in [0.25, 0.3) is 0 Å². The van der Waals surface area contributed by atoms with Gasteiger partial charge in [-0.05, 0) is 25.8 Å². The Bertz CT molecular complexity index is 231. The molecule has 1 unspecified atom stereocenters. The van der Waals surface area contributed by atoms with Crippen LogP contribution < -0.4 is 11.1 Å². The maximum absolute atomic E-state index is 11.4. The van der Waals surface area contributed by atoms with Crippen molar-refractivity contribution in [3.63, 3.8) is 0 Å². The van der Waals surface area contributed by atoms with E-state index in [9.17, 15) is 9.59 Å². The van der Waals surface area contributed by atoms with E-state index in [1.54, 1.807) is 11.9 Å². The van der Waals surface area contributed by atoms with Gasteiger partial charge in [0.05, 0.1) is 6.54 Å². The number of rotatable bonds is 7. The lowest BCUT2D eigenvalue weighted by Crippen LogP contribution is -2.38. The van der Waals surface area contributed by atoms with E-state index in [0.29, 0.717) is 25.4 Å². The van der Waals surface area contributed by atoms with Crippen molar-refractivity contribution in [1.82, 2.24) is 10.2 Å². The van der Waals surface area contributed by atoms with Crippen molar-refractivity contribution < 1.29 is 9.59 Å². The Morgan fingerprint density at radius 2 is 2.06 bits per heavy atom. The molecule has 0 rings (SSSR count). The number of amides is 2. The molecule has 0 aliphatic rings. The normalized spacial score (nSPS) is 12.0. The standard InChI is InChI=1S/C11H23N3O2/c1-4-14(3)11(16)8-13-10(15)6-5-9(2)7-12/h9H,4-8,12H2,1-3H3,(H,13,15). The van der Waals surface area contributed by atoms with E-state index < -0.39 is 0 Å². The van der Waals surface area contributed by atoms with Gasteiger partial charge in [-0.25, -0.2) is 0 Å². The van der Waals surface area contributed by atoms with Crippen molar-refractivity contribution in [2.45, 2.75) is 26.7 Å². The Morgan fingerprint density at radius 1 is 1.44 bits per heavy atom. The summed E-state index contributed by atoms with van der Waals surface area (Å²) in [6, 6.07) is 0. The molecule has 0 aromatic rings. The van der Waals surface area contributed by atoms with Gasteiger partial charge >= 0.3 is 0 Å². The Hall–Kier alpha value is -1.10. The minimum atomic E-state index is -0.0850. The lowest BCUT2D eigenvalue weighted by atomic mass is 10.1. The van der Waals surface area contributed by atoms with E-state index in [4.69, 9.17) is 5.73 Å². The largest absolute Gasteiger partial charge is 0.347 e. The lowest BCUT2D eigenvalue weighted by Gasteiger charge is -2.15. The average molecular weight is 229 g/mol. The number of nitrogens with zero attached hydrogens (tertiary/aromatic N) is 1. The molecule has 5 heteroatoms.